The van der Waals surface area contributed by atoms with Crippen LogP contribution in [0.2, 0.25) is 0 Å². The van der Waals surface area contributed by atoms with Crippen LogP contribution in [0.1, 0.15) is 49.2 Å². The van der Waals surface area contributed by atoms with E-state index in [9.17, 15) is 22.8 Å². The smallest absolute Gasteiger partial charge is 0.319 e. The quantitative estimate of drug-likeness (QED) is 0.714. The molecule has 1 atom stereocenters. The summed E-state index contributed by atoms with van der Waals surface area (Å²) in [6.45, 7) is 7.32. The number of sulfonamides is 1. The summed E-state index contributed by atoms with van der Waals surface area (Å²) in [6, 6.07) is 12.8. The predicted molar refractivity (Wildman–Crippen MR) is 117 cm³/mol. The molecule has 9 heteroatoms. The maximum Gasteiger partial charge on any atom is 0.325 e. The number of carbonyl (C=O) groups excluding carboxylic acids is 3. The minimum atomic E-state index is -4.01. The maximum absolute atomic E-state index is 13.2. The van der Waals surface area contributed by atoms with Crippen LogP contribution in [0, 0.1) is 0 Å². The molecule has 8 nitrogen and oxygen atoms in total. The van der Waals surface area contributed by atoms with Gasteiger partial charge >= 0.3 is 6.03 Å². The summed E-state index contributed by atoms with van der Waals surface area (Å²) < 4.78 is 26.2. The zero-order valence-electron chi connectivity index (χ0n) is 18.4. The number of carbonyl (C=O) groups is 3. The fourth-order valence-electron chi connectivity index (χ4n) is 4.04. The highest BCUT2D eigenvalue weighted by molar-refractivity contribution is 7.90. The number of amides is 4. The molecule has 2 aromatic rings. The van der Waals surface area contributed by atoms with E-state index in [0.29, 0.717) is 9.87 Å². The van der Waals surface area contributed by atoms with Crippen molar-refractivity contribution in [1.82, 2.24) is 14.5 Å². The van der Waals surface area contributed by atoms with E-state index in [1.807, 2.05) is 24.3 Å². The van der Waals surface area contributed by atoms with E-state index in [0.717, 1.165) is 10.5 Å². The Morgan fingerprint density at radius 1 is 0.938 bits per heavy atom. The molecule has 1 fully saturated rings. The van der Waals surface area contributed by atoms with E-state index in [-0.39, 0.29) is 29.0 Å². The van der Waals surface area contributed by atoms with Crippen LogP contribution in [-0.2, 0) is 25.8 Å². The van der Waals surface area contributed by atoms with Gasteiger partial charge in [0.1, 0.15) is 10.4 Å². The van der Waals surface area contributed by atoms with Gasteiger partial charge in [0.05, 0.1) is 12.1 Å². The average Bonchev–Trinajstić information content (AvgIpc) is 3.07. The van der Waals surface area contributed by atoms with Crippen LogP contribution in [0.15, 0.2) is 53.4 Å². The lowest BCUT2D eigenvalue weighted by Crippen LogP contribution is -2.43. The van der Waals surface area contributed by atoms with Crippen molar-refractivity contribution in [3.63, 3.8) is 0 Å². The second-order valence-electron chi connectivity index (χ2n) is 9.22. The lowest BCUT2D eigenvalue weighted by Gasteiger charge is -2.25. The molecule has 0 bridgehead atoms. The summed E-state index contributed by atoms with van der Waals surface area (Å²) in [5.74, 6) is -1.15. The largest absolute Gasteiger partial charge is 0.325 e. The molecule has 1 saturated heterocycles. The van der Waals surface area contributed by atoms with Crippen molar-refractivity contribution >= 4 is 27.9 Å². The van der Waals surface area contributed by atoms with E-state index >= 15 is 0 Å². The van der Waals surface area contributed by atoms with Gasteiger partial charge in [0, 0.05) is 6.54 Å². The van der Waals surface area contributed by atoms with Crippen LogP contribution in [0.5, 0.6) is 0 Å². The monoisotopic (exact) mass is 455 g/mol. The van der Waals surface area contributed by atoms with Crippen LogP contribution in [0.25, 0.3) is 0 Å². The van der Waals surface area contributed by atoms with Crippen LogP contribution in [0.4, 0.5) is 4.79 Å². The minimum Gasteiger partial charge on any atom is -0.319 e. The van der Waals surface area contributed by atoms with Crippen molar-refractivity contribution in [2.24, 2.45) is 0 Å². The Hall–Kier alpha value is -3.20. The Morgan fingerprint density at radius 2 is 1.56 bits per heavy atom. The normalized spacial score (nSPS) is 22.3. The third-order valence-electron chi connectivity index (χ3n) is 6.04. The molecule has 0 aromatic heterocycles. The lowest BCUT2D eigenvalue weighted by molar-refractivity contribution is -0.131. The first-order chi connectivity index (χ1) is 14.9. The lowest BCUT2D eigenvalue weighted by atomic mass is 9.84. The summed E-state index contributed by atoms with van der Waals surface area (Å²) in [6.07, 6.45) is 0. The first-order valence-electron chi connectivity index (χ1n) is 10.3. The van der Waals surface area contributed by atoms with Gasteiger partial charge in [0.2, 0.25) is 0 Å². The molecule has 0 spiro atoms. The van der Waals surface area contributed by atoms with E-state index < -0.39 is 33.4 Å². The van der Waals surface area contributed by atoms with Crippen molar-refractivity contribution in [3.05, 3.63) is 65.2 Å². The minimum absolute atomic E-state index is 0.0558. The molecular formula is C23H25N3O5S. The van der Waals surface area contributed by atoms with Gasteiger partial charge in [-0.25, -0.2) is 17.5 Å². The number of benzene rings is 2. The number of nitrogens with one attached hydrogen (secondary N) is 1. The highest BCUT2D eigenvalue weighted by atomic mass is 32.2. The van der Waals surface area contributed by atoms with Crippen LogP contribution in [-0.4, -0.2) is 48.6 Å². The van der Waals surface area contributed by atoms with Gasteiger partial charge in [0.15, 0.2) is 0 Å². The molecule has 0 saturated carbocycles. The van der Waals surface area contributed by atoms with Crippen LogP contribution >= 0.6 is 0 Å². The molecule has 1 unspecified atom stereocenters. The number of hydrogen-bond donors (Lipinski definition) is 1. The first kappa shape index (κ1) is 22.0. The Labute approximate surface area is 187 Å². The Kier molecular flexibility index (Phi) is 4.93. The zero-order valence-corrected chi connectivity index (χ0v) is 19.2. The molecule has 2 aliphatic heterocycles. The summed E-state index contributed by atoms with van der Waals surface area (Å²) in [5.41, 5.74) is 0.484. The van der Waals surface area contributed by atoms with E-state index in [1.165, 1.54) is 12.1 Å². The summed E-state index contributed by atoms with van der Waals surface area (Å²) in [7, 11) is -4.01. The van der Waals surface area contributed by atoms with Gasteiger partial charge < -0.3 is 5.32 Å². The van der Waals surface area contributed by atoms with Gasteiger partial charge in [-0.05, 0) is 35.6 Å². The van der Waals surface area contributed by atoms with Crippen molar-refractivity contribution in [2.45, 2.75) is 43.5 Å². The van der Waals surface area contributed by atoms with E-state index in [1.54, 1.807) is 19.1 Å². The standard InChI is InChI=1S/C23H25N3O5S/c1-22(2,3)15-9-11-16(12-10-15)23(4)20(28)25(21(29)24-23)13-14-26-19(27)17-7-5-6-8-18(17)32(26,30)31/h5-12H,13-14H2,1-4H3,(H,24,29). The second kappa shape index (κ2) is 7.16. The third-order valence-corrected chi connectivity index (χ3v) is 7.88. The van der Waals surface area contributed by atoms with Gasteiger partial charge in [-0.2, -0.15) is 0 Å². The molecule has 2 heterocycles. The van der Waals surface area contributed by atoms with Crippen molar-refractivity contribution in [2.75, 3.05) is 13.1 Å². The van der Waals surface area contributed by atoms with Crippen molar-refractivity contribution in [1.29, 1.82) is 0 Å². The summed E-state index contributed by atoms with van der Waals surface area (Å²) >= 11 is 0. The number of hydrogen-bond acceptors (Lipinski definition) is 5. The van der Waals surface area contributed by atoms with Crippen LogP contribution < -0.4 is 5.32 Å². The van der Waals surface area contributed by atoms with E-state index in [2.05, 4.69) is 26.1 Å². The molecule has 2 aliphatic rings. The molecule has 0 radical (unpaired) electrons. The van der Waals surface area contributed by atoms with Gasteiger partial charge in [-0.1, -0.05) is 57.2 Å². The van der Waals surface area contributed by atoms with Crippen LogP contribution in [0.3, 0.4) is 0 Å². The molecule has 4 rings (SSSR count). The highest BCUT2D eigenvalue weighted by Crippen LogP contribution is 2.32. The fourth-order valence-corrected chi connectivity index (χ4v) is 5.60. The number of nitrogens with zero attached hydrogens (tertiary/aromatic N) is 2. The Bertz CT molecular complexity index is 1230. The van der Waals surface area contributed by atoms with Crippen molar-refractivity contribution < 1.29 is 22.8 Å². The molecule has 1 N–H and O–H groups in total. The summed E-state index contributed by atoms with van der Waals surface area (Å²) in [5, 5.41) is 2.71. The fraction of sp³-hybridized carbons (Fsp3) is 0.348. The number of urea groups is 1. The summed E-state index contributed by atoms with van der Waals surface area (Å²) in [4.78, 5) is 39.3. The van der Waals surface area contributed by atoms with Crippen molar-refractivity contribution in [3.8, 4) is 0 Å². The second-order valence-corrected chi connectivity index (χ2v) is 11.0. The maximum atomic E-state index is 13.2. The number of imide groups is 1. The molecule has 0 aliphatic carbocycles. The highest BCUT2D eigenvalue weighted by Gasteiger charge is 2.50. The molecule has 168 valence electrons. The number of fused-ring (bicyclic) bond motifs is 1. The molecular weight excluding hydrogens is 430 g/mol. The van der Waals surface area contributed by atoms with Gasteiger partial charge in [-0.3, -0.25) is 14.5 Å². The Morgan fingerprint density at radius 3 is 2.16 bits per heavy atom. The Balaban J connectivity index is 1.54. The predicted octanol–water partition coefficient (Wildman–Crippen LogP) is 2.60. The van der Waals surface area contributed by atoms with Gasteiger partial charge in [-0.15, -0.1) is 0 Å². The molecule has 32 heavy (non-hydrogen) atoms. The third kappa shape index (κ3) is 3.28. The zero-order chi connectivity index (χ0) is 23.5. The first-order valence-corrected chi connectivity index (χ1v) is 11.7. The molecule has 2 aromatic carbocycles. The number of rotatable bonds is 4. The van der Waals surface area contributed by atoms with Gasteiger partial charge in [0.25, 0.3) is 21.8 Å². The SMILES string of the molecule is CC(C)(C)c1ccc(C2(C)NC(=O)N(CCN3C(=O)c4ccccc4S3(=O)=O)C2=O)cc1. The topological polar surface area (TPSA) is 104 Å². The average molecular weight is 456 g/mol. The van der Waals surface area contributed by atoms with E-state index in [4.69, 9.17) is 0 Å². The molecule has 4 amide bonds.